The van der Waals surface area contributed by atoms with Crippen molar-refractivity contribution in [3.63, 3.8) is 0 Å². The van der Waals surface area contributed by atoms with Crippen LogP contribution in [-0.4, -0.2) is 27.2 Å². The van der Waals surface area contributed by atoms with E-state index in [0.29, 0.717) is 11.4 Å². The van der Waals surface area contributed by atoms with Crippen molar-refractivity contribution in [3.8, 4) is 5.69 Å². The normalized spacial score (nSPS) is 16.8. The van der Waals surface area contributed by atoms with Gasteiger partial charge in [-0.25, -0.2) is 0 Å². The van der Waals surface area contributed by atoms with Crippen LogP contribution in [0, 0.1) is 3.57 Å². The molecule has 0 N–H and O–H groups in total. The molecule has 2 amide bonds. The molecular formula is C16H13IN2O2S. The maximum absolute atomic E-state index is 12.2. The average molecular weight is 424 g/mol. The molecule has 0 spiro atoms. The minimum atomic E-state index is -0.215. The molecule has 1 aromatic heterocycles. The number of thioether (sulfide) groups is 1. The van der Waals surface area contributed by atoms with Crippen LogP contribution in [0.15, 0.2) is 47.5 Å². The predicted molar refractivity (Wildman–Crippen MR) is 96.8 cm³/mol. The van der Waals surface area contributed by atoms with Gasteiger partial charge in [0.2, 0.25) is 0 Å². The van der Waals surface area contributed by atoms with Gasteiger partial charge in [0.1, 0.15) is 0 Å². The Labute approximate surface area is 146 Å². The lowest BCUT2D eigenvalue weighted by Gasteiger charge is -2.08. The molecule has 0 bridgehead atoms. The third kappa shape index (κ3) is 2.85. The van der Waals surface area contributed by atoms with Gasteiger partial charge in [-0.3, -0.25) is 14.5 Å². The highest BCUT2D eigenvalue weighted by atomic mass is 127. The summed E-state index contributed by atoms with van der Waals surface area (Å²) in [6, 6.07) is 12.0. The Morgan fingerprint density at radius 3 is 2.55 bits per heavy atom. The Balaban J connectivity index is 1.96. The van der Waals surface area contributed by atoms with E-state index in [-0.39, 0.29) is 11.1 Å². The summed E-state index contributed by atoms with van der Waals surface area (Å²) in [6.45, 7) is 2.20. The zero-order valence-corrected chi connectivity index (χ0v) is 14.8. The molecular weight excluding hydrogens is 411 g/mol. The average Bonchev–Trinajstić information content (AvgIpc) is 3.06. The molecule has 4 nitrogen and oxygen atoms in total. The minimum absolute atomic E-state index is 0.203. The Kier molecular flexibility index (Phi) is 4.39. The lowest BCUT2D eigenvalue weighted by Crippen LogP contribution is -2.27. The fourth-order valence-electron chi connectivity index (χ4n) is 2.26. The van der Waals surface area contributed by atoms with Gasteiger partial charge < -0.3 is 4.57 Å². The van der Waals surface area contributed by atoms with Gasteiger partial charge in [-0.05, 0) is 83.8 Å². The van der Waals surface area contributed by atoms with E-state index in [9.17, 15) is 9.59 Å². The Morgan fingerprint density at radius 1 is 1.18 bits per heavy atom. The number of hydrogen-bond donors (Lipinski definition) is 0. The molecule has 3 rings (SSSR count). The van der Waals surface area contributed by atoms with Gasteiger partial charge in [-0.2, -0.15) is 0 Å². The number of rotatable bonds is 3. The molecule has 1 aliphatic rings. The molecule has 6 heteroatoms. The second-order valence-electron chi connectivity index (χ2n) is 4.71. The number of hydrogen-bond acceptors (Lipinski definition) is 3. The zero-order chi connectivity index (χ0) is 15.7. The molecule has 1 saturated heterocycles. The first-order valence-electron chi connectivity index (χ1n) is 6.79. The van der Waals surface area contributed by atoms with Gasteiger partial charge in [-0.1, -0.05) is 0 Å². The monoisotopic (exact) mass is 424 g/mol. The number of amides is 2. The Bertz CT molecular complexity index is 765. The van der Waals surface area contributed by atoms with Crippen LogP contribution in [-0.2, 0) is 4.79 Å². The number of aromatic nitrogens is 1. The van der Waals surface area contributed by atoms with Gasteiger partial charge in [0.15, 0.2) is 0 Å². The second kappa shape index (κ2) is 6.29. The highest BCUT2D eigenvalue weighted by molar-refractivity contribution is 14.1. The topological polar surface area (TPSA) is 42.3 Å². The van der Waals surface area contributed by atoms with E-state index in [1.807, 2.05) is 47.2 Å². The summed E-state index contributed by atoms with van der Waals surface area (Å²) in [7, 11) is 0. The molecule has 1 aliphatic heterocycles. The largest absolute Gasteiger partial charge is 0.317 e. The fraction of sp³-hybridized carbons (Fsp3) is 0.125. The Morgan fingerprint density at radius 2 is 1.91 bits per heavy atom. The summed E-state index contributed by atoms with van der Waals surface area (Å²) < 4.78 is 3.16. The molecule has 112 valence electrons. The lowest BCUT2D eigenvalue weighted by atomic mass is 10.3. The van der Waals surface area contributed by atoms with E-state index >= 15 is 0 Å². The molecule has 2 aromatic rings. The molecule has 1 aromatic carbocycles. The molecule has 22 heavy (non-hydrogen) atoms. The van der Waals surface area contributed by atoms with Crippen molar-refractivity contribution in [1.29, 1.82) is 0 Å². The third-order valence-electron chi connectivity index (χ3n) is 3.35. The standard InChI is InChI=1S/C16H13IN2O2S/c1-2-18-15(20)14(22-16(18)21)10-13-4-3-9-19(13)12-7-5-11(17)6-8-12/h3-10H,2H2,1H3/b14-10-. The fourth-order valence-corrected chi connectivity index (χ4v) is 3.50. The molecule has 0 radical (unpaired) electrons. The zero-order valence-electron chi connectivity index (χ0n) is 11.8. The smallest absolute Gasteiger partial charge is 0.293 e. The molecule has 1 fully saturated rings. The van der Waals surface area contributed by atoms with E-state index in [4.69, 9.17) is 0 Å². The minimum Gasteiger partial charge on any atom is -0.317 e. The Hall–Kier alpha value is -1.54. The molecule has 0 aliphatic carbocycles. The van der Waals surface area contributed by atoms with Crippen LogP contribution in [0.3, 0.4) is 0 Å². The summed E-state index contributed by atoms with van der Waals surface area (Å²) in [5.41, 5.74) is 1.90. The van der Waals surface area contributed by atoms with Gasteiger partial charge in [0.25, 0.3) is 11.1 Å². The van der Waals surface area contributed by atoms with Crippen molar-refractivity contribution in [1.82, 2.24) is 9.47 Å². The quantitative estimate of drug-likeness (QED) is 0.550. The van der Waals surface area contributed by atoms with Crippen molar-refractivity contribution >= 4 is 51.6 Å². The summed E-state index contributed by atoms with van der Waals surface area (Å²) >= 11 is 3.26. The highest BCUT2D eigenvalue weighted by Crippen LogP contribution is 2.32. The van der Waals surface area contributed by atoms with E-state index in [2.05, 4.69) is 22.6 Å². The number of imide groups is 1. The first kappa shape index (κ1) is 15.4. The van der Waals surface area contributed by atoms with E-state index < -0.39 is 0 Å². The molecule has 2 heterocycles. The van der Waals surface area contributed by atoms with Crippen LogP contribution in [0.2, 0.25) is 0 Å². The molecule has 0 atom stereocenters. The summed E-state index contributed by atoms with van der Waals surface area (Å²) in [6.07, 6.45) is 3.72. The van der Waals surface area contributed by atoms with Crippen LogP contribution in [0.25, 0.3) is 11.8 Å². The number of halogens is 1. The second-order valence-corrected chi connectivity index (χ2v) is 6.94. The molecule has 0 unspecified atom stereocenters. The third-order valence-corrected chi connectivity index (χ3v) is 4.98. The van der Waals surface area contributed by atoms with E-state index in [1.54, 1.807) is 13.0 Å². The maximum atomic E-state index is 12.2. The van der Waals surface area contributed by atoms with Gasteiger partial charge in [-0.15, -0.1) is 0 Å². The van der Waals surface area contributed by atoms with E-state index in [1.165, 1.54) is 8.47 Å². The van der Waals surface area contributed by atoms with Crippen molar-refractivity contribution in [3.05, 3.63) is 56.8 Å². The highest BCUT2D eigenvalue weighted by Gasteiger charge is 2.33. The number of carbonyl (C=O) groups excluding carboxylic acids is 2. The van der Waals surface area contributed by atoms with Crippen molar-refractivity contribution < 1.29 is 9.59 Å². The van der Waals surface area contributed by atoms with Crippen LogP contribution in [0.1, 0.15) is 12.6 Å². The number of likely N-dealkylation sites (N-methyl/N-ethyl adjacent to an activating group) is 1. The molecule has 0 saturated carbocycles. The number of benzene rings is 1. The van der Waals surface area contributed by atoms with Crippen molar-refractivity contribution in [2.45, 2.75) is 6.92 Å². The van der Waals surface area contributed by atoms with Gasteiger partial charge in [0.05, 0.1) is 4.91 Å². The first-order chi connectivity index (χ1) is 10.6. The SMILES string of the molecule is CCN1C(=O)S/C(=C\c2cccn2-c2ccc(I)cc2)C1=O. The van der Waals surface area contributed by atoms with Crippen LogP contribution < -0.4 is 0 Å². The van der Waals surface area contributed by atoms with Gasteiger partial charge >= 0.3 is 0 Å². The van der Waals surface area contributed by atoms with E-state index in [0.717, 1.165) is 23.1 Å². The van der Waals surface area contributed by atoms with Crippen LogP contribution >= 0.6 is 34.4 Å². The first-order valence-corrected chi connectivity index (χ1v) is 8.68. The predicted octanol–water partition coefficient (Wildman–Crippen LogP) is 4.14. The van der Waals surface area contributed by atoms with Gasteiger partial charge in [0, 0.05) is 27.7 Å². The van der Waals surface area contributed by atoms with Crippen molar-refractivity contribution in [2.24, 2.45) is 0 Å². The summed E-state index contributed by atoms with van der Waals surface area (Å²) in [4.78, 5) is 25.7. The van der Waals surface area contributed by atoms with Crippen LogP contribution in [0.5, 0.6) is 0 Å². The van der Waals surface area contributed by atoms with Crippen LogP contribution in [0.4, 0.5) is 4.79 Å². The summed E-state index contributed by atoms with van der Waals surface area (Å²) in [5.74, 6) is -0.215. The van der Waals surface area contributed by atoms with Crippen molar-refractivity contribution in [2.75, 3.05) is 6.54 Å². The lowest BCUT2D eigenvalue weighted by molar-refractivity contribution is -0.122. The summed E-state index contributed by atoms with van der Waals surface area (Å²) in [5, 5.41) is -0.203. The number of nitrogens with zero attached hydrogens (tertiary/aromatic N) is 2. The maximum Gasteiger partial charge on any atom is 0.293 e. The number of carbonyl (C=O) groups is 2.